The van der Waals surface area contributed by atoms with Gasteiger partial charge in [-0.3, -0.25) is 14.6 Å². The fourth-order valence-electron chi connectivity index (χ4n) is 1.41. The highest BCUT2D eigenvalue weighted by molar-refractivity contribution is 9.10. The predicted molar refractivity (Wildman–Crippen MR) is 69.9 cm³/mol. The molecule has 0 spiro atoms. The van der Waals surface area contributed by atoms with Gasteiger partial charge in [0.1, 0.15) is 0 Å². The number of hydrogen-bond acceptors (Lipinski definition) is 4. The van der Waals surface area contributed by atoms with Crippen molar-refractivity contribution in [1.29, 1.82) is 0 Å². The lowest BCUT2D eigenvalue weighted by atomic mass is 10.2. The molecule has 0 saturated carbocycles. The van der Waals surface area contributed by atoms with E-state index in [-0.39, 0.29) is 12.3 Å². The molecule has 6 nitrogen and oxygen atoms in total. The van der Waals surface area contributed by atoms with Gasteiger partial charge in [0.05, 0.1) is 35.8 Å². The second-order valence-electron chi connectivity index (χ2n) is 3.67. The van der Waals surface area contributed by atoms with E-state index in [1.807, 2.05) is 0 Å². The molecule has 2 rings (SSSR count). The summed E-state index contributed by atoms with van der Waals surface area (Å²) in [5.41, 5.74) is 1.27. The zero-order valence-electron chi connectivity index (χ0n) is 9.59. The van der Waals surface area contributed by atoms with Crippen LogP contribution in [0.2, 0.25) is 0 Å². The molecule has 0 aliphatic rings. The first kappa shape index (κ1) is 13.3. The molecule has 0 aliphatic heterocycles. The lowest BCUT2D eigenvalue weighted by Gasteiger charge is -2.04. The van der Waals surface area contributed by atoms with Crippen LogP contribution in [0.4, 0.5) is 5.69 Å². The van der Waals surface area contributed by atoms with Gasteiger partial charge in [-0.2, -0.15) is 0 Å². The maximum absolute atomic E-state index is 11.8. The van der Waals surface area contributed by atoms with Crippen LogP contribution in [0.15, 0.2) is 39.7 Å². The summed E-state index contributed by atoms with van der Waals surface area (Å²) >= 11 is 3.11. The Labute approximate surface area is 116 Å². The van der Waals surface area contributed by atoms with Crippen molar-refractivity contribution in [2.24, 2.45) is 0 Å². The Kier molecular flexibility index (Phi) is 3.96. The van der Waals surface area contributed by atoms with Crippen molar-refractivity contribution >= 4 is 33.5 Å². The van der Waals surface area contributed by atoms with Crippen molar-refractivity contribution < 1.29 is 19.1 Å². The fourth-order valence-corrected chi connectivity index (χ4v) is 1.83. The summed E-state index contributed by atoms with van der Waals surface area (Å²) < 4.78 is 5.31. The number of carbonyl (C=O) groups excluding carboxylic acids is 1. The highest BCUT2D eigenvalue weighted by atomic mass is 79.9. The topological polar surface area (TPSA) is 92.4 Å². The lowest BCUT2D eigenvalue weighted by molar-refractivity contribution is -0.136. The van der Waals surface area contributed by atoms with Crippen molar-refractivity contribution in [2.75, 3.05) is 5.32 Å². The molecule has 0 fully saturated rings. The first-order valence-corrected chi connectivity index (χ1v) is 6.06. The number of furan rings is 1. The minimum atomic E-state index is -0.952. The van der Waals surface area contributed by atoms with E-state index in [1.54, 1.807) is 12.1 Å². The fraction of sp³-hybridized carbons (Fsp3) is 0.0833. The second-order valence-corrected chi connectivity index (χ2v) is 4.39. The number of halogens is 1. The molecule has 0 saturated heterocycles. The summed E-state index contributed by atoms with van der Waals surface area (Å²) in [5, 5.41) is 11.2. The summed E-state index contributed by atoms with van der Waals surface area (Å²) in [6, 6.07) is 4.68. The largest absolute Gasteiger partial charge is 0.481 e. The number of rotatable bonds is 4. The van der Waals surface area contributed by atoms with E-state index >= 15 is 0 Å². The van der Waals surface area contributed by atoms with Crippen LogP contribution >= 0.6 is 15.9 Å². The first-order chi connectivity index (χ1) is 9.06. The molecule has 0 atom stereocenters. The minimum Gasteiger partial charge on any atom is -0.481 e. The number of aromatic nitrogens is 1. The molecule has 2 aromatic heterocycles. The van der Waals surface area contributed by atoms with Crippen LogP contribution in [-0.2, 0) is 11.2 Å². The quantitative estimate of drug-likeness (QED) is 0.900. The van der Waals surface area contributed by atoms with E-state index in [0.717, 1.165) is 0 Å². The summed E-state index contributed by atoms with van der Waals surface area (Å²) in [6.07, 6.45) is 2.65. The third kappa shape index (κ3) is 3.41. The Morgan fingerprint density at radius 1 is 1.37 bits per heavy atom. The minimum absolute atomic E-state index is 0.151. The average molecular weight is 325 g/mol. The van der Waals surface area contributed by atoms with E-state index in [1.165, 1.54) is 18.5 Å². The summed E-state index contributed by atoms with van der Waals surface area (Å²) in [5.74, 6) is -1.29. The maximum Gasteiger partial charge on any atom is 0.309 e. The second kappa shape index (κ2) is 5.66. The molecule has 0 aliphatic carbocycles. The van der Waals surface area contributed by atoms with Gasteiger partial charge in [-0.25, -0.2) is 0 Å². The van der Waals surface area contributed by atoms with Gasteiger partial charge in [-0.1, -0.05) is 0 Å². The number of anilines is 1. The normalized spacial score (nSPS) is 10.2. The summed E-state index contributed by atoms with van der Waals surface area (Å²) in [4.78, 5) is 26.3. The van der Waals surface area contributed by atoms with E-state index in [4.69, 9.17) is 9.52 Å². The van der Waals surface area contributed by atoms with Gasteiger partial charge in [0.25, 0.3) is 5.91 Å². The Balaban J connectivity index is 2.06. The molecular weight excluding hydrogens is 316 g/mol. The highest BCUT2D eigenvalue weighted by Gasteiger charge is 2.12. The molecule has 7 heteroatoms. The number of amides is 1. The third-order valence-electron chi connectivity index (χ3n) is 2.28. The van der Waals surface area contributed by atoms with Crippen LogP contribution in [0.1, 0.15) is 16.1 Å². The molecule has 2 heterocycles. The smallest absolute Gasteiger partial charge is 0.309 e. The van der Waals surface area contributed by atoms with Gasteiger partial charge in [0.2, 0.25) is 0 Å². The van der Waals surface area contributed by atoms with Crippen molar-refractivity contribution in [3.05, 3.63) is 46.6 Å². The summed E-state index contributed by atoms with van der Waals surface area (Å²) in [7, 11) is 0. The third-order valence-corrected chi connectivity index (χ3v) is 2.89. The van der Waals surface area contributed by atoms with Gasteiger partial charge < -0.3 is 14.8 Å². The molecule has 19 heavy (non-hydrogen) atoms. The standard InChI is InChI=1S/C12H9BrN2O4/c13-11-9(3-4-19-11)12(18)15-8-2-1-7(14-6-8)5-10(16)17/h1-4,6H,5H2,(H,15,18)(H,16,17). The van der Waals surface area contributed by atoms with E-state index in [9.17, 15) is 9.59 Å². The summed E-state index contributed by atoms with van der Waals surface area (Å²) in [6.45, 7) is 0. The van der Waals surface area contributed by atoms with Crippen LogP contribution in [0, 0.1) is 0 Å². The first-order valence-electron chi connectivity index (χ1n) is 5.27. The number of carboxylic acids is 1. The van der Waals surface area contributed by atoms with Crippen molar-refractivity contribution in [3.63, 3.8) is 0 Å². The van der Waals surface area contributed by atoms with E-state index < -0.39 is 5.97 Å². The number of carbonyl (C=O) groups is 2. The van der Waals surface area contributed by atoms with Crippen LogP contribution in [0.25, 0.3) is 0 Å². The number of hydrogen-bond donors (Lipinski definition) is 2. The Hall–Kier alpha value is -2.15. The van der Waals surface area contributed by atoms with Crippen molar-refractivity contribution in [1.82, 2.24) is 4.98 Å². The number of nitrogens with one attached hydrogen (secondary N) is 1. The number of carboxylic acid groups (broad SMARTS) is 1. The molecule has 2 N–H and O–H groups in total. The average Bonchev–Trinajstić information content (AvgIpc) is 2.77. The highest BCUT2D eigenvalue weighted by Crippen LogP contribution is 2.19. The molecule has 1 amide bonds. The Bertz CT molecular complexity index is 606. The number of pyridine rings is 1. The van der Waals surface area contributed by atoms with Gasteiger partial charge in [-0.15, -0.1) is 0 Å². The number of aliphatic carboxylic acids is 1. The molecule has 0 unspecified atom stereocenters. The van der Waals surface area contributed by atoms with Crippen LogP contribution in [0.3, 0.4) is 0 Å². The van der Waals surface area contributed by atoms with E-state index in [0.29, 0.717) is 21.6 Å². The maximum atomic E-state index is 11.8. The zero-order chi connectivity index (χ0) is 13.8. The molecule has 0 aromatic carbocycles. The van der Waals surface area contributed by atoms with Crippen molar-refractivity contribution in [2.45, 2.75) is 6.42 Å². The molecule has 98 valence electrons. The SMILES string of the molecule is O=C(O)Cc1ccc(NC(=O)c2ccoc2Br)cn1. The Morgan fingerprint density at radius 2 is 2.16 bits per heavy atom. The van der Waals surface area contributed by atoms with Gasteiger partial charge >= 0.3 is 5.97 Å². The Morgan fingerprint density at radius 3 is 2.68 bits per heavy atom. The zero-order valence-corrected chi connectivity index (χ0v) is 11.2. The monoisotopic (exact) mass is 324 g/mol. The van der Waals surface area contributed by atoms with Crippen molar-refractivity contribution in [3.8, 4) is 0 Å². The lowest BCUT2D eigenvalue weighted by Crippen LogP contribution is -2.12. The van der Waals surface area contributed by atoms with Crippen LogP contribution in [-0.4, -0.2) is 22.0 Å². The van der Waals surface area contributed by atoms with Gasteiger partial charge in [0.15, 0.2) is 4.67 Å². The van der Waals surface area contributed by atoms with Crippen LogP contribution < -0.4 is 5.32 Å². The van der Waals surface area contributed by atoms with Crippen LogP contribution in [0.5, 0.6) is 0 Å². The molecule has 0 radical (unpaired) electrons. The van der Waals surface area contributed by atoms with Gasteiger partial charge in [0, 0.05) is 0 Å². The number of nitrogens with zero attached hydrogens (tertiary/aromatic N) is 1. The molecular formula is C12H9BrN2O4. The van der Waals surface area contributed by atoms with E-state index in [2.05, 4.69) is 26.2 Å². The molecule has 2 aromatic rings. The van der Waals surface area contributed by atoms with Gasteiger partial charge in [-0.05, 0) is 34.1 Å². The molecule has 0 bridgehead atoms. The predicted octanol–water partition coefficient (Wildman–Crippen LogP) is 2.32.